The van der Waals surface area contributed by atoms with E-state index in [1.807, 2.05) is 0 Å². The Labute approximate surface area is 205 Å². The number of hydrogen-bond acceptors (Lipinski definition) is 1. The first kappa shape index (κ1) is 22.8. The standard InChI is InChI=1S/C29H45IO/c1-18(2)20-10-13-26(4)16-17-28(6)22(25(20)26)8-9-24-27(5)14-12-23(31-30)19(3)21(27)11-15-29(24,28)7/h12,19-22,24-25H,1,8-11,13-17H2,2-7H3/t19?,20?,21?,22?,24?,25?,26?,27?,28-,29?/m1/s1. The predicted octanol–water partition coefficient (Wildman–Crippen LogP) is 9.13. The fourth-order valence-electron chi connectivity index (χ4n) is 10.8. The zero-order chi connectivity index (χ0) is 22.4. The molecule has 0 aromatic rings. The van der Waals surface area contributed by atoms with Crippen LogP contribution in [0, 0.1) is 57.2 Å². The smallest absolute Gasteiger partial charge is 0.192 e. The zero-order valence-electron chi connectivity index (χ0n) is 20.9. The molecule has 0 bridgehead atoms. The molecule has 2 heteroatoms. The summed E-state index contributed by atoms with van der Waals surface area (Å²) in [4.78, 5) is 0. The van der Waals surface area contributed by atoms with Crippen LogP contribution < -0.4 is 0 Å². The van der Waals surface area contributed by atoms with Crippen LogP contribution in [-0.2, 0) is 3.07 Å². The van der Waals surface area contributed by atoms with E-state index in [-0.39, 0.29) is 0 Å². The lowest BCUT2D eigenvalue weighted by atomic mass is 9.33. The predicted molar refractivity (Wildman–Crippen MR) is 139 cm³/mol. The van der Waals surface area contributed by atoms with E-state index in [1.54, 1.807) is 0 Å². The van der Waals surface area contributed by atoms with Gasteiger partial charge in [0, 0.05) is 5.92 Å². The summed E-state index contributed by atoms with van der Waals surface area (Å²) in [5.41, 5.74) is 3.43. The van der Waals surface area contributed by atoms with E-state index in [1.165, 1.54) is 69.1 Å². The average molecular weight is 537 g/mol. The lowest BCUT2D eigenvalue weighted by Crippen LogP contribution is -2.64. The van der Waals surface area contributed by atoms with Crippen LogP contribution in [0.5, 0.6) is 0 Å². The van der Waals surface area contributed by atoms with Crippen molar-refractivity contribution in [2.24, 2.45) is 57.2 Å². The van der Waals surface area contributed by atoms with E-state index in [0.29, 0.717) is 27.6 Å². The van der Waals surface area contributed by atoms with E-state index in [2.05, 4.69) is 77.2 Å². The molecular formula is C29H45IO. The second-order valence-electron chi connectivity index (χ2n) is 13.6. The molecule has 1 nitrogen and oxygen atoms in total. The third-order valence-corrected chi connectivity index (χ3v) is 13.2. The van der Waals surface area contributed by atoms with E-state index in [0.717, 1.165) is 29.6 Å². The third-order valence-electron chi connectivity index (χ3n) is 12.7. The van der Waals surface area contributed by atoms with Crippen LogP contribution in [0.2, 0.25) is 0 Å². The molecule has 0 saturated heterocycles. The summed E-state index contributed by atoms with van der Waals surface area (Å²) in [7, 11) is 0. The third kappa shape index (κ3) is 2.84. The van der Waals surface area contributed by atoms with Crippen molar-refractivity contribution in [1.29, 1.82) is 0 Å². The van der Waals surface area contributed by atoms with Crippen LogP contribution in [0.4, 0.5) is 0 Å². The Kier molecular flexibility index (Phi) is 5.33. The van der Waals surface area contributed by atoms with Crippen LogP contribution in [-0.4, -0.2) is 0 Å². The van der Waals surface area contributed by atoms with E-state index in [4.69, 9.17) is 3.07 Å². The molecule has 5 aliphatic carbocycles. The molecule has 31 heavy (non-hydrogen) atoms. The maximum absolute atomic E-state index is 5.78. The van der Waals surface area contributed by atoms with Crippen LogP contribution in [0.3, 0.4) is 0 Å². The number of halogens is 1. The fourth-order valence-corrected chi connectivity index (χ4v) is 11.4. The number of hydrogen-bond donors (Lipinski definition) is 0. The van der Waals surface area contributed by atoms with Gasteiger partial charge in [0.05, 0.1) is 0 Å². The van der Waals surface area contributed by atoms with Gasteiger partial charge in [0.25, 0.3) is 0 Å². The van der Waals surface area contributed by atoms with Crippen molar-refractivity contribution in [3.63, 3.8) is 0 Å². The lowest BCUT2D eigenvalue weighted by molar-refractivity contribution is -0.220. The van der Waals surface area contributed by atoms with Gasteiger partial charge in [-0.3, -0.25) is 0 Å². The average Bonchev–Trinajstić information content (AvgIpc) is 3.07. The maximum atomic E-state index is 5.78. The van der Waals surface area contributed by atoms with Crippen molar-refractivity contribution in [1.82, 2.24) is 0 Å². The summed E-state index contributed by atoms with van der Waals surface area (Å²) in [6.45, 7) is 20.1. The monoisotopic (exact) mass is 536 g/mol. The molecule has 5 aliphatic rings. The largest absolute Gasteiger partial charge is 0.432 e. The molecule has 0 aromatic carbocycles. The molecule has 0 heterocycles. The molecular weight excluding hydrogens is 491 g/mol. The van der Waals surface area contributed by atoms with E-state index < -0.39 is 0 Å². The molecule has 0 radical (unpaired) electrons. The van der Waals surface area contributed by atoms with Gasteiger partial charge in [0.2, 0.25) is 0 Å². The van der Waals surface area contributed by atoms with Gasteiger partial charge in [-0.25, -0.2) is 0 Å². The minimum absolute atomic E-state index is 0.434. The Morgan fingerprint density at radius 3 is 2.39 bits per heavy atom. The zero-order valence-corrected chi connectivity index (χ0v) is 23.1. The van der Waals surface area contributed by atoms with E-state index >= 15 is 0 Å². The molecule has 174 valence electrons. The highest BCUT2D eigenvalue weighted by Crippen LogP contribution is 2.76. The summed E-state index contributed by atoms with van der Waals surface area (Å²) in [5, 5.41) is 0. The summed E-state index contributed by atoms with van der Waals surface area (Å²) in [6, 6.07) is 0. The summed E-state index contributed by atoms with van der Waals surface area (Å²) in [6.07, 6.45) is 15.1. The molecule has 10 atom stereocenters. The highest BCUT2D eigenvalue weighted by Gasteiger charge is 2.69. The quantitative estimate of drug-likeness (QED) is 0.253. The minimum atomic E-state index is 0.434. The summed E-state index contributed by atoms with van der Waals surface area (Å²) in [5.74, 6) is 5.98. The molecule has 5 rings (SSSR count). The Bertz CT molecular complexity index is 801. The second kappa shape index (κ2) is 7.25. The maximum Gasteiger partial charge on any atom is 0.192 e. The molecule has 4 fully saturated rings. The Balaban J connectivity index is 1.54. The number of fused-ring (bicyclic) bond motifs is 7. The van der Waals surface area contributed by atoms with Gasteiger partial charge in [-0.15, -0.1) is 0 Å². The van der Waals surface area contributed by atoms with Gasteiger partial charge < -0.3 is 3.07 Å². The first-order valence-electron chi connectivity index (χ1n) is 13.2. The van der Waals surface area contributed by atoms with Gasteiger partial charge in [0.1, 0.15) is 5.76 Å². The Morgan fingerprint density at radius 1 is 0.968 bits per heavy atom. The highest BCUT2D eigenvalue weighted by molar-refractivity contribution is 14.1. The lowest BCUT2D eigenvalue weighted by Gasteiger charge is -2.71. The number of allylic oxidation sites excluding steroid dienone is 3. The molecule has 0 spiro atoms. The highest BCUT2D eigenvalue weighted by atomic mass is 127. The van der Waals surface area contributed by atoms with Crippen LogP contribution in [0.15, 0.2) is 24.0 Å². The van der Waals surface area contributed by atoms with Crippen molar-refractivity contribution < 1.29 is 3.07 Å². The number of rotatable bonds is 2. The van der Waals surface area contributed by atoms with Gasteiger partial charge in [-0.05, 0) is 122 Å². The van der Waals surface area contributed by atoms with Gasteiger partial charge >= 0.3 is 0 Å². The van der Waals surface area contributed by atoms with Crippen molar-refractivity contribution in [3.8, 4) is 0 Å². The van der Waals surface area contributed by atoms with Gasteiger partial charge in [-0.1, -0.05) is 46.8 Å². The molecule has 4 saturated carbocycles. The van der Waals surface area contributed by atoms with E-state index in [9.17, 15) is 0 Å². The molecule has 0 aromatic heterocycles. The minimum Gasteiger partial charge on any atom is -0.432 e. The SMILES string of the molecule is C=C(C)C1CCC2(C)CC[C@]3(C)C(CCC4C5(C)CC=C(OI)C(C)C5CCC43C)C12. The first-order valence-corrected chi connectivity index (χ1v) is 14.0. The topological polar surface area (TPSA) is 9.23 Å². The van der Waals surface area contributed by atoms with Crippen LogP contribution >= 0.6 is 23.0 Å². The molecule has 0 N–H and O–H groups in total. The van der Waals surface area contributed by atoms with Crippen molar-refractivity contribution >= 4 is 23.0 Å². The fraction of sp³-hybridized carbons (Fsp3) is 0.862. The Hall–Kier alpha value is 0.0100. The van der Waals surface area contributed by atoms with Crippen molar-refractivity contribution in [2.75, 3.05) is 0 Å². The Morgan fingerprint density at radius 2 is 1.71 bits per heavy atom. The molecule has 0 aliphatic heterocycles. The van der Waals surface area contributed by atoms with Gasteiger partial charge in [0.15, 0.2) is 23.0 Å². The summed E-state index contributed by atoms with van der Waals surface area (Å²) >= 11 is 2.10. The summed E-state index contributed by atoms with van der Waals surface area (Å²) < 4.78 is 5.78. The molecule has 0 amide bonds. The van der Waals surface area contributed by atoms with Crippen molar-refractivity contribution in [2.45, 2.75) is 99.3 Å². The first-order chi connectivity index (χ1) is 14.5. The molecule has 9 unspecified atom stereocenters. The van der Waals surface area contributed by atoms with Crippen molar-refractivity contribution in [3.05, 3.63) is 24.0 Å². The second-order valence-corrected chi connectivity index (χ2v) is 14.0. The van der Waals surface area contributed by atoms with Gasteiger partial charge in [-0.2, -0.15) is 0 Å². The normalized spacial score (nSPS) is 55.9. The van der Waals surface area contributed by atoms with Crippen LogP contribution in [0.1, 0.15) is 99.3 Å². The van der Waals surface area contributed by atoms with Crippen LogP contribution in [0.25, 0.3) is 0 Å².